The molecule has 116 valence electrons. The first-order valence-electron chi connectivity index (χ1n) is 6.61. The van der Waals surface area contributed by atoms with E-state index in [0.29, 0.717) is 18.9 Å². The van der Waals surface area contributed by atoms with Gasteiger partial charge in [-0.1, -0.05) is 12.8 Å². The molecule has 0 radical (unpaired) electrons. The summed E-state index contributed by atoms with van der Waals surface area (Å²) >= 11 is 0. The Bertz CT molecular complexity index is 529. The number of carbonyl (C=O) groups is 1. The van der Waals surface area contributed by atoms with Crippen molar-refractivity contribution in [1.82, 2.24) is 5.32 Å². The van der Waals surface area contributed by atoms with Gasteiger partial charge < -0.3 is 5.32 Å². The number of hydrogen-bond acceptors (Lipinski definition) is 1. The Labute approximate surface area is 118 Å². The number of alkyl halides is 3. The Morgan fingerprint density at radius 3 is 2.38 bits per heavy atom. The molecule has 21 heavy (non-hydrogen) atoms. The number of nitrogens with one attached hydrogen (secondary N) is 1. The van der Waals surface area contributed by atoms with Gasteiger partial charge in [-0.3, -0.25) is 4.79 Å². The molecule has 7 heteroatoms. The quantitative estimate of drug-likeness (QED) is 0.827. The van der Waals surface area contributed by atoms with Gasteiger partial charge in [0.1, 0.15) is 0 Å². The van der Waals surface area contributed by atoms with Crippen molar-refractivity contribution in [3.8, 4) is 0 Å². The van der Waals surface area contributed by atoms with Crippen molar-refractivity contribution in [2.75, 3.05) is 0 Å². The third kappa shape index (κ3) is 3.71. The van der Waals surface area contributed by atoms with Crippen molar-refractivity contribution in [3.63, 3.8) is 0 Å². The average Bonchev–Trinajstić information content (AvgIpc) is 2.41. The first-order chi connectivity index (χ1) is 9.79. The predicted octanol–water partition coefficient (Wildman–Crippen LogP) is 3.82. The highest BCUT2D eigenvalue weighted by molar-refractivity contribution is 5.94. The first kappa shape index (κ1) is 15.7. The predicted molar refractivity (Wildman–Crippen MR) is 65.6 cm³/mol. The van der Waals surface area contributed by atoms with E-state index in [1.54, 1.807) is 0 Å². The molecule has 2 atom stereocenters. The molecular formula is C14H14F5NO. The first-order valence-corrected chi connectivity index (χ1v) is 6.61. The highest BCUT2D eigenvalue weighted by Gasteiger charge is 2.46. The topological polar surface area (TPSA) is 29.1 Å². The molecule has 1 saturated carbocycles. The summed E-state index contributed by atoms with van der Waals surface area (Å²) in [6.45, 7) is 0. The van der Waals surface area contributed by atoms with Crippen molar-refractivity contribution in [1.29, 1.82) is 0 Å². The van der Waals surface area contributed by atoms with Crippen LogP contribution in [0.25, 0.3) is 0 Å². The molecule has 0 saturated heterocycles. The van der Waals surface area contributed by atoms with Gasteiger partial charge in [0.2, 0.25) is 0 Å². The third-order valence-corrected chi connectivity index (χ3v) is 3.68. The number of rotatable bonds is 2. The molecule has 0 aliphatic heterocycles. The fourth-order valence-electron chi connectivity index (χ4n) is 2.58. The van der Waals surface area contributed by atoms with E-state index in [4.69, 9.17) is 0 Å². The van der Waals surface area contributed by atoms with Crippen LogP contribution in [0.1, 0.15) is 36.0 Å². The maximum Gasteiger partial charge on any atom is 0.393 e. The summed E-state index contributed by atoms with van der Waals surface area (Å²) in [5.74, 6) is -4.74. The minimum Gasteiger partial charge on any atom is -0.349 e. The normalized spacial score (nSPS) is 22.9. The molecule has 1 aliphatic carbocycles. The largest absolute Gasteiger partial charge is 0.393 e. The monoisotopic (exact) mass is 307 g/mol. The lowest BCUT2D eigenvalue weighted by molar-refractivity contribution is -0.187. The van der Waals surface area contributed by atoms with Crippen LogP contribution in [-0.2, 0) is 0 Å². The van der Waals surface area contributed by atoms with E-state index in [9.17, 15) is 26.7 Å². The van der Waals surface area contributed by atoms with Gasteiger partial charge >= 0.3 is 6.18 Å². The summed E-state index contributed by atoms with van der Waals surface area (Å²) < 4.78 is 64.5. The summed E-state index contributed by atoms with van der Waals surface area (Å²) in [5.41, 5.74) is -0.194. The minimum absolute atomic E-state index is 0.0355. The zero-order valence-electron chi connectivity index (χ0n) is 11.0. The summed E-state index contributed by atoms with van der Waals surface area (Å²) in [6, 6.07) is 1.46. The van der Waals surface area contributed by atoms with Crippen LogP contribution in [0.15, 0.2) is 18.2 Å². The second-order valence-corrected chi connectivity index (χ2v) is 5.14. The van der Waals surface area contributed by atoms with Crippen LogP contribution in [0, 0.1) is 17.6 Å². The van der Waals surface area contributed by atoms with Crippen LogP contribution < -0.4 is 5.32 Å². The maximum absolute atomic E-state index is 13.0. The van der Waals surface area contributed by atoms with E-state index >= 15 is 0 Å². The van der Waals surface area contributed by atoms with Crippen molar-refractivity contribution < 1.29 is 26.7 Å². The molecule has 0 heterocycles. The van der Waals surface area contributed by atoms with Crippen LogP contribution in [0.3, 0.4) is 0 Å². The lowest BCUT2D eigenvalue weighted by Gasteiger charge is -2.33. The third-order valence-electron chi connectivity index (χ3n) is 3.68. The molecule has 1 aromatic carbocycles. The molecule has 2 unspecified atom stereocenters. The summed E-state index contributed by atoms with van der Waals surface area (Å²) in [5, 5.41) is 2.29. The van der Waals surface area contributed by atoms with E-state index in [2.05, 4.69) is 5.32 Å². The van der Waals surface area contributed by atoms with Gasteiger partial charge in [0.15, 0.2) is 11.6 Å². The van der Waals surface area contributed by atoms with Gasteiger partial charge in [-0.15, -0.1) is 0 Å². The highest BCUT2D eigenvalue weighted by Crippen LogP contribution is 2.37. The van der Waals surface area contributed by atoms with Crippen LogP contribution in [-0.4, -0.2) is 18.1 Å². The molecular weight excluding hydrogens is 293 g/mol. The second kappa shape index (κ2) is 5.99. The number of halogens is 5. The van der Waals surface area contributed by atoms with Crippen LogP contribution in [0.2, 0.25) is 0 Å². The maximum atomic E-state index is 13.0. The summed E-state index contributed by atoms with van der Waals surface area (Å²) in [6.07, 6.45) is -3.14. The molecule has 1 amide bonds. The number of benzene rings is 1. The Hall–Kier alpha value is -1.66. The smallest absolute Gasteiger partial charge is 0.349 e. The van der Waals surface area contributed by atoms with Crippen molar-refractivity contribution in [2.24, 2.45) is 5.92 Å². The summed E-state index contributed by atoms with van der Waals surface area (Å²) in [7, 11) is 0. The number of amides is 1. The van der Waals surface area contributed by atoms with E-state index in [1.807, 2.05) is 0 Å². The average molecular weight is 307 g/mol. The second-order valence-electron chi connectivity index (χ2n) is 5.14. The number of carbonyl (C=O) groups excluding carboxylic acids is 1. The molecule has 1 N–H and O–H groups in total. The van der Waals surface area contributed by atoms with Gasteiger partial charge in [-0.2, -0.15) is 13.2 Å². The zero-order valence-corrected chi connectivity index (χ0v) is 11.0. The Balaban J connectivity index is 2.11. The van der Waals surface area contributed by atoms with Gasteiger partial charge in [0.05, 0.1) is 5.92 Å². The molecule has 0 bridgehead atoms. The van der Waals surface area contributed by atoms with Gasteiger partial charge in [-0.25, -0.2) is 8.78 Å². The molecule has 2 nitrogen and oxygen atoms in total. The molecule has 1 aliphatic rings. The zero-order chi connectivity index (χ0) is 15.6. The molecule has 2 rings (SSSR count). The van der Waals surface area contributed by atoms with Crippen LogP contribution >= 0.6 is 0 Å². The van der Waals surface area contributed by atoms with E-state index in [0.717, 1.165) is 12.1 Å². The van der Waals surface area contributed by atoms with Crippen LogP contribution in [0.4, 0.5) is 22.0 Å². The van der Waals surface area contributed by atoms with Crippen molar-refractivity contribution in [2.45, 2.75) is 37.9 Å². The molecule has 0 spiro atoms. The highest BCUT2D eigenvalue weighted by atomic mass is 19.4. The molecule has 0 aromatic heterocycles. The molecule has 1 fully saturated rings. The SMILES string of the molecule is O=C(NC1CCCCC1C(F)(F)F)c1ccc(F)c(F)c1. The van der Waals surface area contributed by atoms with Gasteiger partial charge in [0.25, 0.3) is 5.91 Å². The van der Waals surface area contributed by atoms with Gasteiger partial charge in [-0.05, 0) is 31.0 Å². The Morgan fingerprint density at radius 2 is 1.76 bits per heavy atom. The van der Waals surface area contributed by atoms with Crippen LogP contribution in [0.5, 0.6) is 0 Å². The van der Waals surface area contributed by atoms with E-state index in [1.165, 1.54) is 0 Å². The Kier molecular flexibility index (Phi) is 4.49. The Morgan fingerprint density at radius 1 is 1.10 bits per heavy atom. The van der Waals surface area contributed by atoms with E-state index < -0.39 is 35.7 Å². The molecule has 1 aromatic rings. The van der Waals surface area contributed by atoms with E-state index in [-0.39, 0.29) is 18.4 Å². The summed E-state index contributed by atoms with van der Waals surface area (Å²) in [4.78, 5) is 11.9. The fraction of sp³-hybridized carbons (Fsp3) is 0.500. The van der Waals surface area contributed by atoms with Crippen molar-refractivity contribution >= 4 is 5.91 Å². The van der Waals surface area contributed by atoms with Crippen molar-refractivity contribution in [3.05, 3.63) is 35.4 Å². The fourth-order valence-corrected chi connectivity index (χ4v) is 2.58. The lowest BCUT2D eigenvalue weighted by Crippen LogP contribution is -2.47. The standard InChI is InChI=1S/C14H14F5NO/c15-10-6-5-8(7-11(10)16)13(21)20-12-4-2-1-3-9(12)14(17,18)19/h5-7,9,12H,1-4H2,(H,20,21). The van der Waals surface area contributed by atoms with Gasteiger partial charge in [0, 0.05) is 11.6 Å². The lowest BCUT2D eigenvalue weighted by atomic mass is 9.84. The number of hydrogen-bond donors (Lipinski definition) is 1. The minimum atomic E-state index is -4.38.